The largest absolute Gasteiger partial charge is 0.0648 e. The van der Waals surface area contributed by atoms with Crippen LogP contribution in [0.25, 0.3) is 0 Å². The third-order valence-corrected chi connectivity index (χ3v) is 2.86. The molecule has 0 aliphatic rings. The maximum absolute atomic E-state index is 2.29. The van der Waals surface area contributed by atoms with Crippen molar-refractivity contribution in [1.82, 2.24) is 0 Å². The number of hydrogen-bond donors (Lipinski definition) is 0. The summed E-state index contributed by atoms with van der Waals surface area (Å²) in [6.07, 6.45) is 3.67. The monoisotopic (exact) mass is 176 g/mol. The maximum Gasteiger partial charge on any atom is -0.0164 e. The molecule has 0 unspecified atom stereocenters. The van der Waals surface area contributed by atoms with E-state index in [9.17, 15) is 0 Å². The molecular formula is C13H20. The normalized spacial score (nSPS) is 10.8. The second kappa shape index (κ2) is 5.06. The van der Waals surface area contributed by atoms with Gasteiger partial charge in [0, 0.05) is 0 Å². The van der Waals surface area contributed by atoms with Gasteiger partial charge in [0.2, 0.25) is 0 Å². The van der Waals surface area contributed by atoms with Crippen molar-refractivity contribution in [3.05, 3.63) is 35.4 Å². The Morgan fingerprint density at radius 3 is 2.15 bits per heavy atom. The molecule has 1 rings (SSSR count). The lowest BCUT2D eigenvalue weighted by Gasteiger charge is -2.16. The molecule has 0 fully saturated rings. The van der Waals surface area contributed by atoms with Gasteiger partial charge in [-0.05, 0) is 36.3 Å². The third kappa shape index (κ3) is 2.33. The fraction of sp³-hybridized carbons (Fsp3) is 0.538. The fourth-order valence-electron chi connectivity index (χ4n) is 1.98. The molecule has 0 heterocycles. The summed E-state index contributed by atoms with van der Waals surface area (Å²) in [5, 5.41) is 0. The number of benzene rings is 1. The Balaban J connectivity index is 2.96. The van der Waals surface area contributed by atoms with Gasteiger partial charge in [-0.15, -0.1) is 0 Å². The molecule has 0 saturated carbocycles. The Bertz CT molecular complexity index is 246. The molecule has 0 bridgehead atoms. The van der Waals surface area contributed by atoms with Gasteiger partial charge in [0.15, 0.2) is 0 Å². The topological polar surface area (TPSA) is 0 Å². The van der Waals surface area contributed by atoms with Crippen LogP contribution in [-0.2, 0) is 6.42 Å². The molecule has 1 aromatic rings. The van der Waals surface area contributed by atoms with Gasteiger partial charge in [-0.3, -0.25) is 0 Å². The lowest BCUT2D eigenvalue weighted by molar-refractivity contribution is 0.635. The zero-order valence-electron chi connectivity index (χ0n) is 9.01. The first-order valence-electron chi connectivity index (χ1n) is 5.41. The van der Waals surface area contributed by atoms with Gasteiger partial charge in [0.1, 0.15) is 0 Å². The molecule has 0 aromatic heterocycles. The molecule has 72 valence electrons. The molecule has 0 N–H and O–H groups in total. The van der Waals surface area contributed by atoms with Crippen molar-refractivity contribution in [2.45, 2.75) is 46.0 Å². The first-order valence-corrected chi connectivity index (χ1v) is 5.41. The smallest absolute Gasteiger partial charge is 0.0164 e. The third-order valence-electron chi connectivity index (χ3n) is 2.86. The van der Waals surface area contributed by atoms with Gasteiger partial charge in [0.25, 0.3) is 0 Å². The van der Waals surface area contributed by atoms with Crippen molar-refractivity contribution in [1.29, 1.82) is 0 Å². The van der Waals surface area contributed by atoms with Crippen molar-refractivity contribution >= 4 is 0 Å². The van der Waals surface area contributed by atoms with Crippen molar-refractivity contribution in [2.24, 2.45) is 0 Å². The van der Waals surface area contributed by atoms with E-state index >= 15 is 0 Å². The summed E-state index contributed by atoms with van der Waals surface area (Å²) in [5.41, 5.74) is 3.09. The van der Waals surface area contributed by atoms with Crippen LogP contribution in [0.3, 0.4) is 0 Å². The van der Waals surface area contributed by atoms with Gasteiger partial charge in [-0.1, -0.05) is 45.0 Å². The highest BCUT2D eigenvalue weighted by atomic mass is 14.1. The van der Waals surface area contributed by atoms with Gasteiger partial charge < -0.3 is 0 Å². The molecule has 0 spiro atoms. The number of aryl methyl sites for hydroxylation is 1. The average molecular weight is 176 g/mol. The van der Waals surface area contributed by atoms with Crippen LogP contribution in [0, 0.1) is 0 Å². The van der Waals surface area contributed by atoms with Gasteiger partial charge in [0.05, 0.1) is 0 Å². The molecule has 0 nitrogen and oxygen atoms in total. The predicted molar refractivity (Wildman–Crippen MR) is 59.1 cm³/mol. The van der Waals surface area contributed by atoms with Crippen LogP contribution in [0.15, 0.2) is 24.3 Å². The van der Waals surface area contributed by atoms with E-state index in [0.717, 1.165) is 12.3 Å². The Labute approximate surface area is 82.0 Å². The Morgan fingerprint density at radius 1 is 1.00 bits per heavy atom. The van der Waals surface area contributed by atoms with Crippen molar-refractivity contribution in [3.8, 4) is 0 Å². The Morgan fingerprint density at radius 2 is 1.62 bits per heavy atom. The number of hydrogen-bond acceptors (Lipinski definition) is 0. The molecule has 13 heavy (non-hydrogen) atoms. The molecule has 0 amide bonds. The maximum atomic E-state index is 2.29. The summed E-state index contributed by atoms with van der Waals surface area (Å²) in [5.74, 6) is 0.760. The lowest BCUT2D eigenvalue weighted by atomic mass is 9.89. The van der Waals surface area contributed by atoms with Gasteiger partial charge in [-0.2, -0.15) is 0 Å². The first kappa shape index (κ1) is 10.3. The summed E-state index contributed by atoms with van der Waals surface area (Å²) in [6, 6.07) is 8.85. The summed E-state index contributed by atoms with van der Waals surface area (Å²) in [4.78, 5) is 0. The molecule has 0 radical (unpaired) electrons. The Hall–Kier alpha value is -0.780. The summed E-state index contributed by atoms with van der Waals surface area (Å²) in [7, 11) is 0. The van der Waals surface area contributed by atoms with Gasteiger partial charge in [-0.25, -0.2) is 0 Å². The molecule has 0 aliphatic carbocycles. The van der Waals surface area contributed by atoms with Gasteiger partial charge >= 0.3 is 0 Å². The standard InChI is InChI=1S/C13H20/c1-4-11(5-2)13-10-8-7-9-12(13)6-3/h7-11H,4-6H2,1-3H3. The predicted octanol–water partition coefficient (Wildman–Crippen LogP) is 4.15. The summed E-state index contributed by atoms with van der Waals surface area (Å²) >= 11 is 0. The summed E-state index contributed by atoms with van der Waals surface area (Å²) in [6.45, 7) is 6.79. The minimum atomic E-state index is 0.760. The van der Waals surface area contributed by atoms with Crippen LogP contribution in [0.5, 0.6) is 0 Å². The van der Waals surface area contributed by atoms with Crippen LogP contribution in [0.4, 0.5) is 0 Å². The van der Waals surface area contributed by atoms with Crippen LogP contribution >= 0.6 is 0 Å². The van der Waals surface area contributed by atoms with E-state index in [0.29, 0.717) is 0 Å². The highest BCUT2D eigenvalue weighted by Crippen LogP contribution is 2.26. The van der Waals surface area contributed by atoms with E-state index in [1.54, 1.807) is 5.56 Å². The molecule has 0 atom stereocenters. The van der Waals surface area contributed by atoms with E-state index < -0.39 is 0 Å². The SMILES string of the molecule is CCc1ccccc1C(CC)CC. The van der Waals surface area contributed by atoms with Crippen LogP contribution in [-0.4, -0.2) is 0 Å². The lowest BCUT2D eigenvalue weighted by Crippen LogP contribution is -1.99. The zero-order chi connectivity index (χ0) is 9.68. The molecular weight excluding hydrogens is 156 g/mol. The minimum Gasteiger partial charge on any atom is -0.0648 e. The highest BCUT2D eigenvalue weighted by Gasteiger charge is 2.09. The van der Waals surface area contributed by atoms with E-state index in [-0.39, 0.29) is 0 Å². The van der Waals surface area contributed by atoms with Crippen molar-refractivity contribution in [2.75, 3.05) is 0 Å². The first-order chi connectivity index (χ1) is 6.33. The highest BCUT2D eigenvalue weighted by molar-refractivity contribution is 5.30. The molecule has 0 saturated heterocycles. The van der Waals surface area contributed by atoms with Crippen LogP contribution < -0.4 is 0 Å². The second-order valence-corrected chi connectivity index (χ2v) is 3.57. The van der Waals surface area contributed by atoms with E-state index in [1.165, 1.54) is 18.4 Å². The molecule has 0 aliphatic heterocycles. The zero-order valence-corrected chi connectivity index (χ0v) is 9.01. The number of rotatable bonds is 4. The second-order valence-electron chi connectivity index (χ2n) is 3.57. The van der Waals surface area contributed by atoms with Crippen molar-refractivity contribution in [3.63, 3.8) is 0 Å². The molecule has 1 aromatic carbocycles. The van der Waals surface area contributed by atoms with E-state index in [4.69, 9.17) is 0 Å². The van der Waals surface area contributed by atoms with E-state index in [2.05, 4.69) is 45.0 Å². The quantitative estimate of drug-likeness (QED) is 0.646. The Kier molecular flexibility index (Phi) is 4.01. The average Bonchev–Trinajstić information content (AvgIpc) is 2.20. The minimum absolute atomic E-state index is 0.760. The fourth-order valence-corrected chi connectivity index (χ4v) is 1.98. The van der Waals surface area contributed by atoms with Crippen LogP contribution in [0.1, 0.15) is 50.7 Å². The van der Waals surface area contributed by atoms with Crippen molar-refractivity contribution < 1.29 is 0 Å². The van der Waals surface area contributed by atoms with E-state index in [1.807, 2.05) is 0 Å². The van der Waals surface area contributed by atoms with Crippen LogP contribution in [0.2, 0.25) is 0 Å². The molecule has 0 heteroatoms. The summed E-state index contributed by atoms with van der Waals surface area (Å²) < 4.78 is 0.